The first-order valence-corrected chi connectivity index (χ1v) is 6.21. The molecule has 0 spiro atoms. The van der Waals surface area contributed by atoms with Gasteiger partial charge in [-0.05, 0) is 36.0 Å². The van der Waals surface area contributed by atoms with Gasteiger partial charge in [-0.2, -0.15) is 0 Å². The maximum absolute atomic E-state index is 11.9. The van der Waals surface area contributed by atoms with E-state index in [2.05, 4.69) is 21.2 Å². The lowest BCUT2D eigenvalue weighted by Gasteiger charge is -2.22. The van der Waals surface area contributed by atoms with E-state index in [1.165, 1.54) is 0 Å². The predicted octanol–water partition coefficient (Wildman–Crippen LogP) is 1.93. The molecular weight excluding hydrogens is 286 g/mol. The Kier molecular flexibility index (Phi) is 3.69. The minimum absolute atomic E-state index is 0.0441. The van der Waals surface area contributed by atoms with Crippen LogP contribution < -0.4 is 14.8 Å². The molecule has 0 aromatic heterocycles. The van der Waals surface area contributed by atoms with Gasteiger partial charge in [-0.25, -0.2) is 0 Å². The maximum Gasteiger partial charge on any atom is 0.177 e. The Morgan fingerprint density at radius 3 is 2.71 bits per heavy atom. The molecule has 0 unspecified atom stereocenters. The normalized spacial score (nSPS) is 13.6. The van der Waals surface area contributed by atoms with E-state index < -0.39 is 0 Å². The molecule has 0 bridgehead atoms. The van der Waals surface area contributed by atoms with Crippen molar-refractivity contribution >= 4 is 21.7 Å². The highest BCUT2D eigenvalue weighted by Crippen LogP contribution is 2.41. The monoisotopic (exact) mass is 299 g/mol. The van der Waals surface area contributed by atoms with Gasteiger partial charge in [0.15, 0.2) is 17.3 Å². The Hall–Kier alpha value is -1.07. The minimum atomic E-state index is 0.0441. The summed E-state index contributed by atoms with van der Waals surface area (Å²) >= 11 is 3.41. The average molecular weight is 300 g/mol. The van der Waals surface area contributed by atoms with E-state index in [-0.39, 0.29) is 5.78 Å². The standard InChI is InChI=1S/C12H14BrNO3/c1-7-8(10(15)6-14-2)5-9(13)12-11(7)16-3-4-17-12/h5,14H,3-4,6H2,1-2H3. The summed E-state index contributed by atoms with van der Waals surface area (Å²) in [6.07, 6.45) is 0. The number of rotatable bonds is 3. The molecule has 4 nitrogen and oxygen atoms in total. The second-order valence-electron chi connectivity index (χ2n) is 3.84. The quantitative estimate of drug-likeness (QED) is 0.867. The van der Waals surface area contributed by atoms with E-state index in [0.29, 0.717) is 36.8 Å². The van der Waals surface area contributed by atoms with E-state index in [9.17, 15) is 4.79 Å². The molecule has 1 N–H and O–H groups in total. The molecule has 1 heterocycles. The lowest BCUT2D eigenvalue weighted by atomic mass is 10.0. The minimum Gasteiger partial charge on any atom is -0.486 e. The number of nitrogens with one attached hydrogen (secondary N) is 1. The summed E-state index contributed by atoms with van der Waals surface area (Å²) in [5, 5.41) is 2.86. The zero-order chi connectivity index (χ0) is 12.4. The first kappa shape index (κ1) is 12.4. The Labute approximate surface area is 108 Å². The van der Waals surface area contributed by atoms with Crippen LogP contribution in [0.25, 0.3) is 0 Å². The number of Topliss-reactive ketones (excluding diaryl/α,β-unsaturated/α-hetero) is 1. The third-order valence-electron chi connectivity index (χ3n) is 2.65. The first-order valence-electron chi connectivity index (χ1n) is 5.41. The fourth-order valence-electron chi connectivity index (χ4n) is 1.84. The van der Waals surface area contributed by atoms with Crippen molar-refractivity contribution in [2.24, 2.45) is 0 Å². The molecule has 2 rings (SSSR count). The van der Waals surface area contributed by atoms with Gasteiger partial charge in [0.05, 0.1) is 11.0 Å². The molecule has 0 saturated carbocycles. The molecule has 0 amide bonds. The molecule has 17 heavy (non-hydrogen) atoms. The SMILES string of the molecule is CNCC(=O)c1cc(Br)c2c(c1C)OCCO2. The van der Waals surface area contributed by atoms with Gasteiger partial charge in [-0.15, -0.1) is 0 Å². The Balaban J connectivity index is 2.48. The van der Waals surface area contributed by atoms with Gasteiger partial charge in [0.25, 0.3) is 0 Å². The number of ether oxygens (including phenoxy) is 2. The van der Waals surface area contributed by atoms with Crippen LogP contribution in [0, 0.1) is 6.92 Å². The number of benzene rings is 1. The van der Waals surface area contributed by atoms with Gasteiger partial charge in [0.1, 0.15) is 13.2 Å². The van der Waals surface area contributed by atoms with Crippen LogP contribution in [0.15, 0.2) is 10.5 Å². The van der Waals surface area contributed by atoms with Crippen LogP contribution in [0.1, 0.15) is 15.9 Å². The Bertz CT molecular complexity index is 460. The van der Waals surface area contributed by atoms with Crippen LogP contribution >= 0.6 is 15.9 Å². The highest BCUT2D eigenvalue weighted by molar-refractivity contribution is 9.10. The molecule has 0 atom stereocenters. The summed E-state index contributed by atoms with van der Waals surface area (Å²) in [5.41, 5.74) is 1.50. The van der Waals surface area contributed by atoms with Gasteiger partial charge < -0.3 is 14.8 Å². The second-order valence-corrected chi connectivity index (χ2v) is 4.69. The van der Waals surface area contributed by atoms with Gasteiger partial charge in [-0.1, -0.05) is 0 Å². The van der Waals surface area contributed by atoms with E-state index >= 15 is 0 Å². The van der Waals surface area contributed by atoms with Crippen LogP contribution in [-0.4, -0.2) is 32.6 Å². The lowest BCUT2D eigenvalue weighted by molar-refractivity contribution is 0.0991. The van der Waals surface area contributed by atoms with Crippen molar-refractivity contribution in [1.82, 2.24) is 5.32 Å². The van der Waals surface area contributed by atoms with Gasteiger partial charge in [-0.3, -0.25) is 4.79 Å². The summed E-state index contributed by atoms with van der Waals surface area (Å²) in [4.78, 5) is 11.9. The number of ketones is 1. The highest BCUT2D eigenvalue weighted by atomic mass is 79.9. The molecule has 0 radical (unpaired) electrons. The number of halogens is 1. The molecule has 1 aliphatic rings. The van der Waals surface area contributed by atoms with Crippen molar-refractivity contribution in [2.45, 2.75) is 6.92 Å². The average Bonchev–Trinajstić information content (AvgIpc) is 2.34. The molecule has 92 valence electrons. The maximum atomic E-state index is 11.9. The zero-order valence-corrected chi connectivity index (χ0v) is 11.4. The predicted molar refractivity (Wildman–Crippen MR) is 68.1 cm³/mol. The third-order valence-corrected chi connectivity index (χ3v) is 3.24. The first-order chi connectivity index (χ1) is 8.15. The van der Waals surface area contributed by atoms with E-state index in [0.717, 1.165) is 10.0 Å². The van der Waals surface area contributed by atoms with Gasteiger partial charge in [0, 0.05) is 11.1 Å². The molecule has 1 aromatic rings. The fraction of sp³-hybridized carbons (Fsp3) is 0.417. The fourth-order valence-corrected chi connectivity index (χ4v) is 2.37. The summed E-state index contributed by atoms with van der Waals surface area (Å²) in [6.45, 7) is 3.24. The molecule has 1 aromatic carbocycles. The summed E-state index contributed by atoms with van der Waals surface area (Å²) in [5.74, 6) is 1.41. The summed E-state index contributed by atoms with van der Waals surface area (Å²) in [6, 6.07) is 1.79. The molecule has 0 aliphatic carbocycles. The topological polar surface area (TPSA) is 47.6 Å². The van der Waals surface area contributed by atoms with Crippen molar-refractivity contribution in [3.05, 3.63) is 21.7 Å². The number of hydrogen-bond donors (Lipinski definition) is 1. The van der Waals surface area contributed by atoms with Crippen LogP contribution in [0.2, 0.25) is 0 Å². The molecule has 0 fully saturated rings. The smallest absolute Gasteiger partial charge is 0.177 e. The van der Waals surface area contributed by atoms with Crippen molar-refractivity contribution in [1.29, 1.82) is 0 Å². The van der Waals surface area contributed by atoms with Crippen molar-refractivity contribution in [2.75, 3.05) is 26.8 Å². The van der Waals surface area contributed by atoms with Crippen molar-refractivity contribution in [3.63, 3.8) is 0 Å². The van der Waals surface area contributed by atoms with E-state index in [1.807, 2.05) is 6.92 Å². The lowest BCUT2D eigenvalue weighted by Crippen LogP contribution is -2.21. The van der Waals surface area contributed by atoms with E-state index in [1.54, 1.807) is 13.1 Å². The van der Waals surface area contributed by atoms with Gasteiger partial charge in [0.2, 0.25) is 0 Å². The number of carbonyl (C=O) groups excluding carboxylic acids is 1. The number of carbonyl (C=O) groups is 1. The number of hydrogen-bond acceptors (Lipinski definition) is 4. The van der Waals surface area contributed by atoms with Crippen LogP contribution in [-0.2, 0) is 0 Å². The molecular formula is C12H14BrNO3. The van der Waals surface area contributed by atoms with Crippen molar-refractivity contribution < 1.29 is 14.3 Å². The molecule has 5 heteroatoms. The summed E-state index contributed by atoms with van der Waals surface area (Å²) in [7, 11) is 1.75. The zero-order valence-electron chi connectivity index (χ0n) is 9.80. The highest BCUT2D eigenvalue weighted by Gasteiger charge is 2.22. The largest absolute Gasteiger partial charge is 0.486 e. The van der Waals surface area contributed by atoms with Crippen LogP contribution in [0.3, 0.4) is 0 Å². The number of likely N-dealkylation sites (N-methyl/N-ethyl adjacent to an activating group) is 1. The molecule has 0 saturated heterocycles. The Morgan fingerprint density at radius 2 is 2.06 bits per heavy atom. The van der Waals surface area contributed by atoms with E-state index in [4.69, 9.17) is 9.47 Å². The van der Waals surface area contributed by atoms with Crippen LogP contribution in [0.5, 0.6) is 11.5 Å². The second kappa shape index (κ2) is 5.06. The summed E-state index contributed by atoms with van der Waals surface area (Å²) < 4.78 is 11.9. The van der Waals surface area contributed by atoms with Crippen LogP contribution in [0.4, 0.5) is 0 Å². The van der Waals surface area contributed by atoms with Gasteiger partial charge >= 0.3 is 0 Å². The molecule has 1 aliphatic heterocycles. The van der Waals surface area contributed by atoms with Crippen molar-refractivity contribution in [3.8, 4) is 11.5 Å². The number of fused-ring (bicyclic) bond motifs is 1. The third kappa shape index (κ3) is 2.30. The Morgan fingerprint density at radius 1 is 1.41 bits per heavy atom.